The minimum atomic E-state index is -4.25. The molecule has 0 unspecified atom stereocenters. The smallest absolute Gasteiger partial charge is 0.341 e. The van der Waals surface area contributed by atoms with Crippen molar-refractivity contribution >= 4 is 43.9 Å². The van der Waals surface area contributed by atoms with E-state index in [-0.39, 0.29) is 17.2 Å². The third kappa shape index (κ3) is 4.69. The molecule has 0 saturated carbocycles. The summed E-state index contributed by atoms with van der Waals surface area (Å²) in [6, 6.07) is 12.9. The fourth-order valence-electron chi connectivity index (χ4n) is 3.88. The summed E-state index contributed by atoms with van der Waals surface area (Å²) < 4.78 is 47.2. The third-order valence-electron chi connectivity index (χ3n) is 5.39. The molecule has 7 nitrogen and oxygen atoms in total. The lowest BCUT2D eigenvalue weighted by Gasteiger charge is -2.24. The van der Waals surface area contributed by atoms with E-state index in [9.17, 15) is 22.4 Å². The van der Waals surface area contributed by atoms with Gasteiger partial charge in [0.2, 0.25) is 5.91 Å². The molecule has 4 rings (SSSR count). The molecular formula is C24H23FN2O5S2. The van der Waals surface area contributed by atoms with Gasteiger partial charge in [-0.05, 0) is 56.0 Å². The van der Waals surface area contributed by atoms with Crippen LogP contribution in [0.25, 0.3) is 0 Å². The molecule has 2 aromatic carbocycles. The van der Waals surface area contributed by atoms with Gasteiger partial charge in [-0.15, -0.1) is 11.3 Å². The zero-order valence-corrected chi connectivity index (χ0v) is 20.0. The van der Waals surface area contributed by atoms with Crippen molar-refractivity contribution in [1.29, 1.82) is 0 Å². The van der Waals surface area contributed by atoms with Crippen LogP contribution < -0.4 is 9.62 Å². The highest BCUT2D eigenvalue weighted by atomic mass is 32.2. The molecule has 1 amide bonds. The number of carbonyl (C=O) groups excluding carboxylic acids is 2. The van der Waals surface area contributed by atoms with E-state index in [2.05, 4.69) is 5.32 Å². The Bertz CT molecular complexity index is 1320. The molecule has 0 atom stereocenters. The largest absolute Gasteiger partial charge is 0.462 e. The van der Waals surface area contributed by atoms with Crippen molar-refractivity contribution in [3.8, 4) is 0 Å². The van der Waals surface area contributed by atoms with Crippen LogP contribution in [0.4, 0.5) is 15.1 Å². The molecule has 1 aliphatic rings. The summed E-state index contributed by atoms with van der Waals surface area (Å²) in [6.45, 7) is 1.21. The summed E-state index contributed by atoms with van der Waals surface area (Å²) in [5.74, 6) is -2.01. The maximum absolute atomic E-state index is 14.6. The number of anilines is 2. The number of carbonyl (C=O) groups is 2. The van der Waals surface area contributed by atoms with Crippen LogP contribution >= 0.6 is 11.3 Å². The van der Waals surface area contributed by atoms with Crippen molar-refractivity contribution in [1.82, 2.24) is 0 Å². The standard InChI is InChI=1S/C24H23FN2O5S2/c1-2-32-24(29)22-17-11-8-14-20(17)33-23(22)26-21(28)15-27(19-13-7-6-12-18(19)25)34(30,31)16-9-4-3-5-10-16/h3-7,9-10,12-13H,2,8,11,14-15H2,1H3,(H,26,28). The van der Waals surface area contributed by atoms with Crippen LogP contribution in [0.5, 0.6) is 0 Å². The third-order valence-corrected chi connectivity index (χ3v) is 8.37. The van der Waals surface area contributed by atoms with Crippen molar-refractivity contribution in [2.45, 2.75) is 31.1 Å². The maximum Gasteiger partial charge on any atom is 0.341 e. The first-order valence-electron chi connectivity index (χ1n) is 10.8. The number of benzene rings is 2. The lowest BCUT2D eigenvalue weighted by molar-refractivity contribution is -0.114. The number of esters is 1. The Hall–Kier alpha value is -3.24. The number of amides is 1. The number of ether oxygens (including phenoxy) is 1. The zero-order valence-electron chi connectivity index (χ0n) is 18.4. The van der Waals surface area contributed by atoms with Crippen molar-refractivity contribution in [2.24, 2.45) is 0 Å². The van der Waals surface area contributed by atoms with Crippen molar-refractivity contribution < 1.29 is 27.1 Å². The molecule has 1 heterocycles. The number of nitrogens with one attached hydrogen (secondary N) is 1. The number of halogens is 1. The molecule has 0 radical (unpaired) electrons. The normalized spacial score (nSPS) is 12.8. The topological polar surface area (TPSA) is 92.8 Å². The van der Waals surface area contributed by atoms with Crippen LogP contribution in [-0.2, 0) is 32.4 Å². The summed E-state index contributed by atoms with van der Waals surface area (Å²) in [4.78, 5) is 26.6. The van der Waals surface area contributed by atoms with Crippen LogP contribution in [0.15, 0.2) is 59.5 Å². The van der Waals surface area contributed by atoms with Gasteiger partial charge in [0.15, 0.2) is 0 Å². The average Bonchev–Trinajstić information content (AvgIpc) is 3.39. The summed E-state index contributed by atoms with van der Waals surface area (Å²) in [6.07, 6.45) is 2.42. The number of rotatable bonds is 8. The first-order valence-corrected chi connectivity index (χ1v) is 13.0. The zero-order chi connectivity index (χ0) is 24.3. The maximum atomic E-state index is 14.6. The second-order valence-electron chi connectivity index (χ2n) is 7.61. The van der Waals surface area contributed by atoms with E-state index in [1.807, 2.05) is 0 Å². The molecule has 1 aliphatic carbocycles. The van der Waals surface area contributed by atoms with Gasteiger partial charge in [0.05, 0.1) is 22.8 Å². The van der Waals surface area contributed by atoms with Gasteiger partial charge in [-0.3, -0.25) is 9.10 Å². The monoisotopic (exact) mass is 502 g/mol. The summed E-state index contributed by atoms with van der Waals surface area (Å²) in [5.41, 5.74) is 0.929. The molecular weight excluding hydrogens is 479 g/mol. The van der Waals surface area contributed by atoms with Gasteiger partial charge < -0.3 is 10.1 Å². The van der Waals surface area contributed by atoms with E-state index in [1.165, 1.54) is 41.7 Å². The van der Waals surface area contributed by atoms with Gasteiger partial charge in [-0.25, -0.2) is 17.6 Å². The first-order chi connectivity index (χ1) is 16.3. The number of para-hydroxylation sites is 1. The van der Waals surface area contributed by atoms with Gasteiger partial charge in [0, 0.05) is 4.88 Å². The summed E-state index contributed by atoms with van der Waals surface area (Å²) in [5, 5.41) is 2.99. The van der Waals surface area contributed by atoms with Crippen molar-refractivity contribution in [3.05, 3.63) is 76.4 Å². The van der Waals surface area contributed by atoms with E-state index in [4.69, 9.17) is 4.74 Å². The molecule has 1 aromatic heterocycles. The second kappa shape index (κ2) is 9.94. The molecule has 10 heteroatoms. The Balaban J connectivity index is 1.67. The Labute approximate surface area is 201 Å². The first kappa shape index (κ1) is 23.9. The predicted molar refractivity (Wildman–Crippen MR) is 128 cm³/mol. The van der Waals surface area contributed by atoms with E-state index >= 15 is 0 Å². The molecule has 34 heavy (non-hydrogen) atoms. The molecule has 0 spiro atoms. The molecule has 3 aromatic rings. The van der Waals surface area contributed by atoms with Crippen molar-refractivity contribution in [3.63, 3.8) is 0 Å². The van der Waals surface area contributed by atoms with E-state index < -0.39 is 34.3 Å². The van der Waals surface area contributed by atoms with Gasteiger partial charge in [0.1, 0.15) is 17.4 Å². The Kier molecular flexibility index (Phi) is 6.99. The SMILES string of the molecule is CCOC(=O)c1c(NC(=O)CN(c2ccccc2F)S(=O)(=O)c2ccccc2)sc2c1CCC2. The van der Waals surface area contributed by atoms with Crippen LogP contribution in [0, 0.1) is 5.82 Å². The fraction of sp³-hybridized carbons (Fsp3) is 0.250. The van der Waals surface area contributed by atoms with E-state index in [1.54, 1.807) is 25.1 Å². The van der Waals surface area contributed by atoms with E-state index in [0.29, 0.717) is 17.0 Å². The van der Waals surface area contributed by atoms with Crippen LogP contribution in [-0.4, -0.2) is 33.4 Å². The van der Waals surface area contributed by atoms with Gasteiger partial charge >= 0.3 is 5.97 Å². The average molecular weight is 503 g/mol. The molecule has 0 bridgehead atoms. The Morgan fingerprint density at radius 1 is 1.09 bits per heavy atom. The molecule has 1 N–H and O–H groups in total. The minimum Gasteiger partial charge on any atom is -0.462 e. The fourth-order valence-corrected chi connectivity index (χ4v) is 6.62. The van der Waals surface area contributed by atoms with Crippen LogP contribution in [0.2, 0.25) is 0 Å². The number of hydrogen-bond acceptors (Lipinski definition) is 6. The quantitative estimate of drug-likeness (QED) is 0.462. The van der Waals surface area contributed by atoms with Gasteiger partial charge in [0.25, 0.3) is 10.0 Å². The van der Waals surface area contributed by atoms with Crippen LogP contribution in [0.3, 0.4) is 0 Å². The number of thiophene rings is 1. The van der Waals surface area contributed by atoms with E-state index in [0.717, 1.165) is 33.7 Å². The molecule has 0 aliphatic heterocycles. The highest BCUT2D eigenvalue weighted by Crippen LogP contribution is 2.39. The highest BCUT2D eigenvalue weighted by Gasteiger charge is 2.31. The predicted octanol–water partition coefficient (Wildman–Crippen LogP) is 4.39. The Morgan fingerprint density at radius 2 is 1.79 bits per heavy atom. The molecule has 178 valence electrons. The van der Waals surface area contributed by atoms with Crippen molar-refractivity contribution in [2.75, 3.05) is 22.8 Å². The second-order valence-corrected chi connectivity index (χ2v) is 10.6. The minimum absolute atomic E-state index is 0.0756. The number of nitrogens with zero attached hydrogens (tertiary/aromatic N) is 1. The summed E-state index contributed by atoms with van der Waals surface area (Å²) >= 11 is 1.29. The number of aryl methyl sites for hydroxylation is 1. The van der Waals surface area contributed by atoms with Crippen LogP contribution in [0.1, 0.15) is 34.1 Å². The lowest BCUT2D eigenvalue weighted by atomic mass is 10.1. The highest BCUT2D eigenvalue weighted by molar-refractivity contribution is 7.92. The number of fused-ring (bicyclic) bond motifs is 1. The molecule has 0 fully saturated rings. The number of sulfonamides is 1. The van der Waals surface area contributed by atoms with Gasteiger partial charge in [-0.2, -0.15) is 0 Å². The van der Waals surface area contributed by atoms with Gasteiger partial charge in [-0.1, -0.05) is 30.3 Å². The number of hydrogen-bond donors (Lipinski definition) is 1. The summed E-state index contributed by atoms with van der Waals surface area (Å²) in [7, 11) is -4.25. The lowest BCUT2D eigenvalue weighted by Crippen LogP contribution is -2.38. The Morgan fingerprint density at radius 3 is 2.50 bits per heavy atom. The molecule has 0 saturated heterocycles.